The van der Waals surface area contributed by atoms with E-state index in [0.717, 1.165) is 5.56 Å². The average molecular weight is 250 g/mol. The summed E-state index contributed by atoms with van der Waals surface area (Å²) in [5, 5.41) is 0. The van der Waals surface area contributed by atoms with Crippen LogP contribution in [0.1, 0.15) is 16.7 Å². The van der Waals surface area contributed by atoms with Crippen LogP contribution in [0, 0.1) is 6.92 Å². The van der Waals surface area contributed by atoms with Crippen LogP contribution in [0.25, 0.3) is 6.08 Å². The fraction of sp³-hybridized carbons (Fsp3) is 0.118. The Bertz CT molecular complexity index is 566. The summed E-state index contributed by atoms with van der Waals surface area (Å²) in [6.07, 6.45) is 3.80. The molecule has 2 N–H and O–H groups in total. The minimum absolute atomic E-state index is 0.546. The Balaban J connectivity index is 1.96. The summed E-state index contributed by atoms with van der Waals surface area (Å²) in [6, 6.07) is 18.4. The molecule has 0 unspecified atom stereocenters. The number of nitrogens with zero attached hydrogens (tertiary/aromatic N) is 1. The smallest absolute Gasteiger partial charge is 0.118 e. The van der Waals surface area contributed by atoms with E-state index in [2.05, 4.69) is 36.2 Å². The molecule has 0 radical (unpaired) electrons. The molecule has 2 aromatic rings. The zero-order chi connectivity index (χ0) is 13.5. The third-order valence-electron chi connectivity index (χ3n) is 2.81. The molecule has 0 aliphatic carbocycles. The molecule has 0 aromatic heterocycles. The van der Waals surface area contributed by atoms with Crippen LogP contribution in [0.15, 0.2) is 65.7 Å². The molecule has 0 spiro atoms. The predicted octanol–water partition coefficient (Wildman–Crippen LogP) is 3.57. The Hall–Kier alpha value is -2.35. The van der Waals surface area contributed by atoms with Crippen LogP contribution in [-0.4, -0.2) is 5.84 Å². The molecule has 96 valence electrons. The third kappa shape index (κ3) is 4.43. The first-order valence-corrected chi connectivity index (χ1v) is 6.32. The molecule has 2 nitrogen and oxygen atoms in total. The zero-order valence-electron chi connectivity index (χ0n) is 11.1. The summed E-state index contributed by atoms with van der Waals surface area (Å²) in [4.78, 5) is 4.35. The van der Waals surface area contributed by atoms with Gasteiger partial charge in [0, 0.05) is 0 Å². The molecule has 2 aromatic carbocycles. The van der Waals surface area contributed by atoms with Gasteiger partial charge in [-0.2, -0.15) is 0 Å². The third-order valence-corrected chi connectivity index (χ3v) is 2.81. The van der Waals surface area contributed by atoms with E-state index in [1.165, 1.54) is 11.1 Å². The van der Waals surface area contributed by atoms with Crippen molar-refractivity contribution in [3.8, 4) is 0 Å². The van der Waals surface area contributed by atoms with Crippen molar-refractivity contribution in [2.75, 3.05) is 0 Å². The van der Waals surface area contributed by atoms with Crippen molar-refractivity contribution >= 4 is 11.9 Å². The molecule has 0 saturated carbocycles. The first kappa shape index (κ1) is 13.1. The van der Waals surface area contributed by atoms with Gasteiger partial charge in [0.05, 0.1) is 6.54 Å². The standard InChI is InChI=1S/C17H18N2/c1-14-7-9-16(10-8-14)13-19-17(18)12-11-15-5-3-2-4-6-15/h2-12H,13H2,1H3,(H2,18,19). The molecule has 0 heterocycles. The molecule has 19 heavy (non-hydrogen) atoms. The maximum absolute atomic E-state index is 5.86. The fourth-order valence-corrected chi connectivity index (χ4v) is 1.67. The SMILES string of the molecule is Cc1ccc(CN=C(N)C=Cc2ccccc2)cc1. The summed E-state index contributed by atoms with van der Waals surface area (Å²) < 4.78 is 0. The van der Waals surface area contributed by atoms with Gasteiger partial charge in [-0.25, -0.2) is 0 Å². The number of amidine groups is 1. The van der Waals surface area contributed by atoms with Crippen LogP contribution in [0.5, 0.6) is 0 Å². The maximum atomic E-state index is 5.86. The minimum atomic E-state index is 0.546. The van der Waals surface area contributed by atoms with Crippen LogP contribution in [0.2, 0.25) is 0 Å². The first-order chi connectivity index (χ1) is 9.24. The number of nitrogens with two attached hydrogens (primary N) is 1. The Labute approximate surface area is 114 Å². The Morgan fingerprint density at radius 2 is 1.74 bits per heavy atom. The number of aryl methyl sites for hydroxylation is 1. The van der Waals surface area contributed by atoms with Crippen molar-refractivity contribution in [3.05, 3.63) is 77.4 Å². The van der Waals surface area contributed by atoms with Gasteiger partial charge in [0.15, 0.2) is 0 Å². The van der Waals surface area contributed by atoms with Crippen LogP contribution >= 0.6 is 0 Å². The Kier molecular flexibility index (Phi) is 4.51. The van der Waals surface area contributed by atoms with Crippen molar-refractivity contribution < 1.29 is 0 Å². The normalized spacial score (nSPS) is 11.9. The summed E-state index contributed by atoms with van der Waals surface area (Å²) >= 11 is 0. The predicted molar refractivity (Wildman–Crippen MR) is 82.0 cm³/mol. The van der Waals surface area contributed by atoms with Gasteiger partial charge in [0.25, 0.3) is 0 Å². The minimum Gasteiger partial charge on any atom is -0.384 e. The van der Waals surface area contributed by atoms with Gasteiger partial charge in [0.2, 0.25) is 0 Å². The van der Waals surface area contributed by atoms with Crippen molar-refractivity contribution in [1.29, 1.82) is 0 Å². The van der Waals surface area contributed by atoms with Gasteiger partial charge in [-0.3, -0.25) is 4.99 Å². The lowest BCUT2D eigenvalue weighted by atomic mass is 10.1. The topological polar surface area (TPSA) is 38.4 Å². The summed E-state index contributed by atoms with van der Waals surface area (Å²) in [5.41, 5.74) is 9.41. The number of hydrogen-bond donors (Lipinski definition) is 1. The second-order valence-electron chi connectivity index (χ2n) is 4.47. The van der Waals surface area contributed by atoms with Crippen LogP contribution in [0.4, 0.5) is 0 Å². The van der Waals surface area contributed by atoms with Crippen molar-refractivity contribution in [3.63, 3.8) is 0 Å². The van der Waals surface area contributed by atoms with E-state index < -0.39 is 0 Å². The lowest BCUT2D eigenvalue weighted by Crippen LogP contribution is -2.07. The molecule has 0 bridgehead atoms. The van der Waals surface area contributed by atoms with E-state index >= 15 is 0 Å². The molecule has 0 amide bonds. The molecule has 0 atom stereocenters. The highest BCUT2D eigenvalue weighted by molar-refractivity contribution is 5.95. The van der Waals surface area contributed by atoms with Gasteiger partial charge < -0.3 is 5.73 Å². The van der Waals surface area contributed by atoms with Gasteiger partial charge >= 0.3 is 0 Å². The number of rotatable bonds is 4. The monoisotopic (exact) mass is 250 g/mol. The molecule has 0 saturated heterocycles. The largest absolute Gasteiger partial charge is 0.384 e. The van der Waals surface area contributed by atoms with E-state index in [1.807, 2.05) is 42.5 Å². The molecular weight excluding hydrogens is 232 g/mol. The zero-order valence-corrected chi connectivity index (χ0v) is 11.1. The highest BCUT2D eigenvalue weighted by Crippen LogP contribution is 2.05. The lowest BCUT2D eigenvalue weighted by molar-refractivity contribution is 1.06. The Morgan fingerprint density at radius 3 is 2.42 bits per heavy atom. The quantitative estimate of drug-likeness (QED) is 0.654. The average Bonchev–Trinajstić information content (AvgIpc) is 2.45. The van der Waals surface area contributed by atoms with Gasteiger partial charge in [-0.15, -0.1) is 0 Å². The van der Waals surface area contributed by atoms with E-state index in [4.69, 9.17) is 5.73 Å². The number of aliphatic imine (C=N–C) groups is 1. The second kappa shape index (κ2) is 6.55. The summed E-state index contributed by atoms with van der Waals surface area (Å²) in [7, 11) is 0. The number of hydrogen-bond acceptors (Lipinski definition) is 1. The van der Waals surface area contributed by atoms with E-state index in [1.54, 1.807) is 0 Å². The summed E-state index contributed by atoms with van der Waals surface area (Å²) in [6.45, 7) is 2.69. The van der Waals surface area contributed by atoms with Crippen molar-refractivity contribution in [2.24, 2.45) is 10.7 Å². The van der Waals surface area contributed by atoms with Crippen LogP contribution < -0.4 is 5.73 Å². The second-order valence-corrected chi connectivity index (χ2v) is 4.47. The van der Waals surface area contributed by atoms with Gasteiger partial charge in [-0.1, -0.05) is 66.2 Å². The molecule has 2 rings (SSSR count). The van der Waals surface area contributed by atoms with Gasteiger partial charge in [-0.05, 0) is 24.1 Å². The Morgan fingerprint density at radius 1 is 1.05 bits per heavy atom. The van der Waals surface area contributed by atoms with Crippen molar-refractivity contribution in [2.45, 2.75) is 13.5 Å². The van der Waals surface area contributed by atoms with E-state index in [9.17, 15) is 0 Å². The molecule has 2 heteroatoms. The molecule has 0 aliphatic rings. The summed E-state index contributed by atoms with van der Waals surface area (Å²) in [5.74, 6) is 0.546. The highest BCUT2D eigenvalue weighted by atomic mass is 14.8. The number of benzene rings is 2. The highest BCUT2D eigenvalue weighted by Gasteiger charge is 1.91. The lowest BCUT2D eigenvalue weighted by Gasteiger charge is -1.98. The molecule has 0 fully saturated rings. The molecular formula is C17H18N2. The van der Waals surface area contributed by atoms with Gasteiger partial charge in [0.1, 0.15) is 5.84 Å². The van der Waals surface area contributed by atoms with E-state index in [0.29, 0.717) is 12.4 Å². The van der Waals surface area contributed by atoms with Crippen LogP contribution in [-0.2, 0) is 6.54 Å². The maximum Gasteiger partial charge on any atom is 0.118 e. The molecule has 0 aliphatic heterocycles. The fourth-order valence-electron chi connectivity index (χ4n) is 1.67. The van der Waals surface area contributed by atoms with E-state index in [-0.39, 0.29) is 0 Å². The van der Waals surface area contributed by atoms with Crippen LogP contribution in [0.3, 0.4) is 0 Å². The first-order valence-electron chi connectivity index (χ1n) is 6.32. The van der Waals surface area contributed by atoms with Crippen molar-refractivity contribution in [1.82, 2.24) is 0 Å².